The second-order valence-electron chi connectivity index (χ2n) is 9.36. The highest BCUT2D eigenvalue weighted by atomic mass is 16.6. The van der Waals surface area contributed by atoms with Gasteiger partial charge in [0.15, 0.2) is 0 Å². The second-order valence-corrected chi connectivity index (χ2v) is 9.36. The van der Waals surface area contributed by atoms with E-state index in [1.807, 2.05) is 42.7 Å². The van der Waals surface area contributed by atoms with E-state index in [9.17, 15) is 19.7 Å². The lowest BCUT2D eigenvalue weighted by Gasteiger charge is -2.19. The Kier molecular flexibility index (Phi) is 6.93. The van der Waals surface area contributed by atoms with Gasteiger partial charge in [0.1, 0.15) is 25.0 Å². The van der Waals surface area contributed by atoms with Gasteiger partial charge < -0.3 is 18.8 Å². The smallest absolute Gasteiger partial charge is 0.338 e. The zero-order chi connectivity index (χ0) is 26.8. The first kappa shape index (κ1) is 25.2. The highest BCUT2D eigenvalue weighted by molar-refractivity contribution is 5.90. The van der Waals surface area contributed by atoms with E-state index >= 15 is 0 Å². The summed E-state index contributed by atoms with van der Waals surface area (Å²) >= 11 is 0. The van der Waals surface area contributed by atoms with Crippen molar-refractivity contribution in [2.24, 2.45) is 0 Å². The number of nitro benzene ring substituents is 1. The summed E-state index contributed by atoms with van der Waals surface area (Å²) in [5.41, 5.74) is 3.60. The summed E-state index contributed by atoms with van der Waals surface area (Å²) in [7, 11) is 0. The summed E-state index contributed by atoms with van der Waals surface area (Å²) in [6, 6.07) is 20.4. The number of aromatic nitrogens is 1. The van der Waals surface area contributed by atoms with Gasteiger partial charge in [0, 0.05) is 30.1 Å². The molecule has 2 heterocycles. The van der Waals surface area contributed by atoms with Crippen LogP contribution in [0.25, 0.3) is 10.9 Å². The zero-order valence-corrected chi connectivity index (χ0v) is 20.9. The van der Waals surface area contributed by atoms with Crippen LogP contribution in [0.15, 0.2) is 79.0 Å². The molecule has 0 spiro atoms. The van der Waals surface area contributed by atoms with Gasteiger partial charge in [-0.05, 0) is 50.2 Å². The number of nitro groups is 1. The minimum atomic E-state index is -0.709. The van der Waals surface area contributed by atoms with Gasteiger partial charge in [0.2, 0.25) is 0 Å². The van der Waals surface area contributed by atoms with Crippen LogP contribution >= 0.6 is 0 Å². The van der Waals surface area contributed by atoms with Crippen molar-refractivity contribution in [1.82, 2.24) is 4.57 Å². The number of aryl methyl sites for hydroxylation is 2. The molecule has 0 amide bonds. The molecule has 0 aliphatic carbocycles. The number of nitrogens with zero attached hydrogens (tertiary/aromatic N) is 2. The Balaban J connectivity index is 1.36. The molecule has 0 saturated carbocycles. The van der Waals surface area contributed by atoms with Crippen molar-refractivity contribution < 1.29 is 28.7 Å². The maximum absolute atomic E-state index is 12.9. The van der Waals surface area contributed by atoms with Crippen LogP contribution in [0, 0.1) is 24.0 Å². The predicted molar refractivity (Wildman–Crippen MR) is 139 cm³/mol. The van der Waals surface area contributed by atoms with E-state index in [4.69, 9.17) is 14.2 Å². The van der Waals surface area contributed by atoms with Crippen LogP contribution in [0.3, 0.4) is 0 Å². The molecular weight excluding hydrogens is 488 g/mol. The van der Waals surface area contributed by atoms with Gasteiger partial charge in [-0.2, -0.15) is 0 Å². The Labute approximate surface area is 218 Å². The van der Waals surface area contributed by atoms with Crippen molar-refractivity contribution in [3.63, 3.8) is 0 Å². The van der Waals surface area contributed by atoms with Gasteiger partial charge in [-0.15, -0.1) is 0 Å². The molecule has 1 aliphatic rings. The second kappa shape index (κ2) is 10.5. The fraction of sp³-hybridized carbons (Fsp3) is 0.241. The predicted octanol–water partition coefficient (Wildman–Crippen LogP) is 5.54. The largest absolute Gasteiger partial charge is 0.459 e. The Morgan fingerprint density at radius 2 is 1.58 bits per heavy atom. The number of carbonyl (C=O) groups excluding carboxylic acids is 2. The van der Waals surface area contributed by atoms with Crippen LogP contribution in [-0.4, -0.2) is 40.2 Å². The number of ether oxygens (including phenoxy) is 3. The molecule has 9 nitrogen and oxygen atoms in total. The van der Waals surface area contributed by atoms with Crippen molar-refractivity contribution >= 4 is 28.5 Å². The van der Waals surface area contributed by atoms with Gasteiger partial charge in [0.05, 0.1) is 21.6 Å². The first-order valence-corrected chi connectivity index (χ1v) is 12.2. The Hall–Kier alpha value is -4.50. The average Bonchev–Trinajstić information content (AvgIpc) is 3.51. The minimum absolute atomic E-state index is 0.00612. The normalized spacial score (nSPS) is 18.8. The van der Waals surface area contributed by atoms with Gasteiger partial charge in [-0.1, -0.05) is 35.4 Å². The molecule has 3 atom stereocenters. The quantitative estimate of drug-likeness (QED) is 0.181. The van der Waals surface area contributed by atoms with Crippen LogP contribution in [0.2, 0.25) is 0 Å². The van der Waals surface area contributed by atoms with Crippen molar-refractivity contribution in [1.29, 1.82) is 0 Å². The summed E-state index contributed by atoms with van der Waals surface area (Å²) in [6.07, 6.45) is 0.159. The summed E-state index contributed by atoms with van der Waals surface area (Å²) in [5, 5.41) is 11.8. The van der Waals surface area contributed by atoms with Gasteiger partial charge in [-0.25, -0.2) is 9.59 Å². The Morgan fingerprint density at radius 1 is 0.947 bits per heavy atom. The highest BCUT2D eigenvalue weighted by Gasteiger charge is 2.40. The van der Waals surface area contributed by atoms with Crippen molar-refractivity contribution in [3.05, 3.63) is 111 Å². The van der Waals surface area contributed by atoms with Gasteiger partial charge in [-0.3, -0.25) is 10.1 Å². The number of esters is 2. The van der Waals surface area contributed by atoms with Crippen LogP contribution in [0.4, 0.5) is 5.69 Å². The molecule has 0 radical (unpaired) electrons. The number of non-ortho nitro benzene ring substituents is 1. The number of rotatable bonds is 7. The summed E-state index contributed by atoms with van der Waals surface area (Å²) in [5.74, 6) is -0.999. The minimum Gasteiger partial charge on any atom is -0.459 e. The topological polar surface area (TPSA) is 110 Å². The third-order valence-electron chi connectivity index (χ3n) is 6.62. The molecule has 194 valence electrons. The number of carbonyl (C=O) groups is 2. The molecule has 1 aromatic heterocycles. The maximum atomic E-state index is 12.9. The lowest BCUT2D eigenvalue weighted by atomic mass is 10.1. The van der Waals surface area contributed by atoms with Gasteiger partial charge >= 0.3 is 11.9 Å². The fourth-order valence-electron chi connectivity index (χ4n) is 4.49. The molecule has 3 aromatic carbocycles. The third-order valence-corrected chi connectivity index (χ3v) is 6.62. The molecule has 5 rings (SSSR count). The summed E-state index contributed by atoms with van der Waals surface area (Å²) < 4.78 is 19.5. The van der Waals surface area contributed by atoms with E-state index < -0.39 is 35.3 Å². The van der Waals surface area contributed by atoms with E-state index in [1.165, 1.54) is 12.1 Å². The average molecular weight is 515 g/mol. The highest BCUT2D eigenvalue weighted by Crippen LogP contribution is 2.35. The molecule has 4 aromatic rings. The first-order valence-electron chi connectivity index (χ1n) is 12.2. The van der Waals surface area contributed by atoms with E-state index in [-0.39, 0.29) is 12.3 Å². The van der Waals surface area contributed by atoms with Crippen molar-refractivity contribution in [2.45, 2.75) is 38.7 Å². The van der Waals surface area contributed by atoms with Crippen LogP contribution in [-0.2, 0) is 14.2 Å². The number of fused-ring (bicyclic) bond motifs is 1. The van der Waals surface area contributed by atoms with E-state index in [1.54, 1.807) is 42.6 Å². The third kappa shape index (κ3) is 5.28. The maximum Gasteiger partial charge on any atom is 0.338 e. The monoisotopic (exact) mass is 514 g/mol. The van der Waals surface area contributed by atoms with E-state index in [2.05, 4.69) is 0 Å². The van der Waals surface area contributed by atoms with Crippen molar-refractivity contribution in [2.75, 3.05) is 6.61 Å². The Morgan fingerprint density at radius 3 is 2.21 bits per heavy atom. The van der Waals surface area contributed by atoms with E-state index in [0.29, 0.717) is 22.9 Å². The Bertz CT molecular complexity index is 1490. The molecule has 1 saturated heterocycles. The van der Waals surface area contributed by atoms with Crippen molar-refractivity contribution in [3.8, 4) is 0 Å². The molecule has 0 bridgehead atoms. The van der Waals surface area contributed by atoms with Crippen LogP contribution in [0.1, 0.15) is 44.5 Å². The van der Waals surface area contributed by atoms with Crippen LogP contribution < -0.4 is 0 Å². The number of hydrogen-bond acceptors (Lipinski definition) is 7. The lowest BCUT2D eigenvalue weighted by Crippen LogP contribution is -2.32. The first-order chi connectivity index (χ1) is 18.3. The lowest BCUT2D eigenvalue weighted by molar-refractivity contribution is -0.384. The fourth-order valence-corrected chi connectivity index (χ4v) is 4.49. The molecular formula is C29H26N2O7. The molecule has 9 heteroatoms. The molecule has 1 aliphatic heterocycles. The molecule has 0 unspecified atom stereocenters. The summed E-state index contributed by atoms with van der Waals surface area (Å²) in [4.78, 5) is 36.2. The number of hydrogen-bond donors (Lipinski definition) is 0. The van der Waals surface area contributed by atoms with Crippen LogP contribution in [0.5, 0.6) is 0 Å². The molecule has 0 N–H and O–H groups in total. The number of benzene rings is 3. The molecule has 1 fully saturated rings. The molecule has 38 heavy (non-hydrogen) atoms. The van der Waals surface area contributed by atoms with E-state index in [0.717, 1.165) is 16.6 Å². The van der Waals surface area contributed by atoms with Gasteiger partial charge in [0.25, 0.3) is 5.69 Å². The summed E-state index contributed by atoms with van der Waals surface area (Å²) in [6.45, 7) is 3.75. The standard InChI is InChI=1S/C29H26N2O7/c1-18-3-7-20(8-4-18)28(32)36-17-26-25(38-29(33)21-9-5-19(2)6-10-21)16-27(37-26)30-14-13-22-15-23(31(34)35)11-12-24(22)30/h3-15,25-27H,16-17H2,1-2H3/t25-,26+,27+/m1/s1. The zero-order valence-electron chi connectivity index (χ0n) is 20.9. The SMILES string of the molecule is Cc1ccc(C(=O)OC[C@@H]2O[C@H](n3ccc4cc([N+](=O)[O-])ccc43)C[C@H]2OC(=O)c2ccc(C)cc2)cc1.